The van der Waals surface area contributed by atoms with Crippen molar-refractivity contribution in [3.05, 3.63) is 60.2 Å². The van der Waals surface area contributed by atoms with Gasteiger partial charge in [0.1, 0.15) is 0 Å². The van der Waals surface area contributed by atoms with Crippen molar-refractivity contribution < 1.29 is 22.8 Å². The van der Waals surface area contributed by atoms with Gasteiger partial charge in [-0.2, -0.15) is 13.2 Å². The van der Waals surface area contributed by atoms with Crippen LogP contribution in [0.1, 0.15) is 12.0 Å². The number of hydrogen-bond donors (Lipinski definition) is 0. The number of carbonyl (C=O) groups is 2. The van der Waals surface area contributed by atoms with Gasteiger partial charge in [-0.3, -0.25) is 9.59 Å². The number of halogens is 3. The number of rotatable bonds is 3. The second-order valence-corrected chi connectivity index (χ2v) is 6.19. The van der Waals surface area contributed by atoms with Gasteiger partial charge in [0, 0.05) is 31.4 Å². The van der Waals surface area contributed by atoms with Gasteiger partial charge in [0.2, 0.25) is 11.8 Å². The van der Waals surface area contributed by atoms with Crippen LogP contribution in [-0.2, 0) is 15.8 Å². The molecule has 1 unspecified atom stereocenters. The van der Waals surface area contributed by atoms with Gasteiger partial charge >= 0.3 is 6.18 Å². The summed E-state index contributed by atoms with van der Waals surface area (Å²) in [5, 5.41) is 0. The molecule has 26 heavy (non-hydrogen) atoms. The maximum absolute atomic E-state index is 12.9. The zero-order valence-electron chi connectivity index (χ0n) is 14.0. The Balaban J connectivity index is 1.78. The van der Waals surface area contributed by atoms with Crippen LogP contribution in [0.3, 0.4) is 0 Å². The van der Waals surface area contributed by atoms with E-state index in [2.05, 4.69) is 0 Å². The van der Waals surface area contributed by atoms with E-state index < -0.39 is 17.7 Å². The molecule has 0 bridgehead atoms. The van der Waals surface area contributed by atoms with Gasteiger partial charge in [0.05, 0.1) is 11.5 Å². The van der Waals surface area contributed by atoms with E-state index in [1.54, 1.807) is 31.3 Å². The van der Waals surface area contributed by atoms with Crippen LogP contribution in [0.5, 0.6) is 0 Å². The SMILES string of the molecule is CN(C(=O)C1CC(=O)N(c2cccc(C(F)(F)F)c2)C1)c1ccccc1. The molecule has 0 saturated carbocycles. The highest BCUT2D eigenvalue weighted by Crippen LogP contribution is 2.34. The summed E-state index contributed by atoms with van der Waals surface area (Å²) in [7, 11) is 1.62. The predicted octanol–water partition coefficient (Wildman–Crippen LogP) is 3.72. The minimum atomic E-state index is -4.48. The number of benzene rings is 2. The Morgan fingerprint density at radius 3 is 2.46 bits per heavy atom. The number of para-hydroxylation sites is 1. The maximum atomic E-state index is 12.9. The van der Waals surface area contributed by atoms with E-state index in [4.69, 9.17) is 0 Å². The molecule has 0 spiro atoms. The standard InChI is InChI=1S/C19H17F3N2O2/c1-23(15-7-3-2-4-8-15)18(26)13-10-17(25)24(12-13)16-9-5-6-14(11-16)19(20,21)22/h2-9,11,13H,10,12H2,1H3. The van der Waals surface area contributed by atoms with E-state index in [1.165, 1.54) is 21.9 Å². The molecule has 4 nitrogen and oxygen atoms in total. The Morgan fingerprint density at radius 2 is 1.81 bits per heavy atom. The third kappa shape index (κ3) is 3.56. The first-order chi connectivity index (χ1) is 12.3. The topological polar surface area (TPSA) is 40.6 Å². The van der Waals surface area contributed by atoms with Gasteiger partial charge in [-0.1, -0.05) is 24.3 Å². The molecule has 0 N–H and O–H groups in total. The lowest BCUT2D eigenvalue weighted by Crippen LogP contribution is -2.34. The summed E-state index contributed by atoms with van der Waals surface area (Å²) in [5.74, 6) is -1.19. The summed E-state index contributed by atoms with van der Waals surface area (Å²) >= 11 is 0. The summed E-state index contributed by atoms with van der Waals surface area (Å²) in [6, 6.07) is 13.6. The van der Waals surface area contributed by atoms with Crippen LogP contribution < -0.4 is 9.80 Å². The number of amides is 2. The summed E-state index contributed by atoms with van der Waals surface area (Å²) in [6.45, 7) is 0.0656. The van der Waals surface area contributed by atoms with Crippen molar-refractivity contribution in [3.8, 4) is 0 Å². The fraction of sp³-hybridized carbons (Fsp3) is 0.263. The molecule has 136 valence electrons. The minimum Gasteiger partial charge on any atom is -0.315 e. The third-order valence-corrected chi connectivity index (χ3v) is 4.43. The summed E-state index contributed by atoms with van der Waals surface area (Å²) in [4.78, 5) is 27.7. The Morgan fingerprint density at radius 1 is 1.12 bits per heavy atom. The molecule has 1 saturated heterocycles. The molecule has 2 amide bonds. The largest absolute Gasteiger partial charge is 0.416 e. The van der Waals surface area contributed by atoms with E-state index in [0.29, 0.717) is 5.69 Å². The van der Waals surface area contributed by atoms with E-state index in [0.717, 1.165) is 12.1 Å². The first kappa shape index (κ1) is 18.0. The van der Waals surface area contributed by atoms with Gasteiger partial charge in [-0.05, 0) is 30.3 Å². The van der Waals surface area contributed by atoms with Crippen LogP contribution in [0.25, 0.3) is 0 Å². The first-order valence-corrected chi connectivity index (χ1v) is 8.07. The van der Waals surface area contributed by atoms with Crippen molar-refractivity contribution in [1.29, 1.82) is 0 Å². The average molecular weight is 362 g/mol. The van der Waals surface area contributed by atoms with Crippen molar-refractivity contribution >= 4 is 23.2 Å². The second-order valence-electron chi connectivity index (χ2n) is 6.19. The average Bonchev–Trinajstić information content (AvgIpc) is 3.02. The fourth-order valence-corrected chi connectivity index (χ4v) is 3.03. The Labute approximate surface area is 148 Å². The van der Waals surface area contributed by atoms with Crippen molar-refractivity contribution in [2.45, 2.75) is 12.6 Å². The number of anilines is 2. The highest BCUT2D eigenvalue weighted by molar-refractivity contribution is 6.04. The van der Waals surface area contributed by atoms with Crippen LogP contribution in [-0.4, -0.2) is 25.4 Å². The van der Waals surface area contributed by atoms with Crippen molar-refractivity contribution in [1.82, 2.24) is 0 Å². The summed E-state index contributed by atoms with van der Waals surface area (Å²) in [6.07, 6.45) is -4.51. The highest BCUT2D eigenvalue weighted by Gasteiger charge is 2.38. The molecule has 1 aliphatic rings. The van der Waals surface area contributed by atoms with Gasteiger partial charge in [-0.25, -0.2) is 0 Å². The minimum absolute atomic E-state index is 0.0216. The second kappa shape index (κ2) is 6.82. The zero-order chi connectivity index (χ0) is 18.9. The van der Waals surface area contributed by atoms with Gasteiger partial charge in [-0.15, -0.1) is 0 Å². The molecule has 1 aliphatic heterocycles. The van der Waals surface area contributed by atoms with E-state index in [-0.39, 0.29) is 30.5 Å². The van der Waals surface area contributed by atoms with E-state index in [9.17, 15) is 22.8 Å². The molecule has 2 aromatic rings. The number of hydrogen-bond acceptors (Lipinski definition) is 2. The lowest BCUT2D eigenvalue weighted by Gasteiger charge is -2.22. The van der Waals surface area contributed by atoms with Crippen molar-refractivity contribution in [3.63, 3.8) is 0 Å². The number of alkyl halides is 3. The molecule has 0 radical (unpaired) electrons. The van der Waals surface area contributed by atoms with E-state index in [1.807, 2.05) is 6.07 Å². The van der Waals surface area contributed by atoms with Gasteiger partial charge in [0.15, 0.2) is 0 Å². The van der Waals surface area contributed by atoms with Gasteiger partial charge in [0.25, 0.3) is 0 Å². The first-order valence-electron chi connectivity index (χ1n) is 8.07. The van der Waals surface area contributed by atoms with Gasteiger partial charge < -0.3 is 9.80 Å². The third-order valence-electron chi connectivity index (χ3n) is 4.43. The summed E-state index contributed by atoms with van der Waals surface area (Å²) in [5.41, 5.74) is 0.0314. The molecule has 0 aromatic heterocycles. The molecule has 1 atom stereocenters. The lowest BCUT2D eigenvalue weighted by atomic mass is 10.1. The predicted molar refractivity (Wildman–Crippen MR) is 91.8 cm³/mol. The van der Waals surface area contributed by atoms with Crippen molar-refractivity contribution in [2.75, 3.05) is 23.4 Å². The fourth-order valence-electron chi connectivity index (χ4n) is 3.03. The molecule has 1 fully saturated rings. The molecular formula is C19H17F3N2O2. The zero-order valence-corrected chi connectivity index (χ0v) is 14.0. The molecule has 2 aromatic carbocycles. The van der Waals surface area contributed by atoms with E-state index >= 15 is 0 Å². The molecular weight excluding hydrogens is 345 g/mol. The smallest absolute Gasteiger partial charge is 0.315 e. The Hall–Kier alpha value is -2.83. The highest BCUT2D eigenvalue weighted by atomic mass is 19.4. The van der Waals surface area contributed by atoms with Crippen LogP contribution in [0.4, 0.5) is 24.5 Å². The van der Waals surface area contributed by atoms with Crippen LogP contribution in [0.15, 0.2) is 54.6 Å². The summed E-state index contributed by atoms with van der Waals surface area (Å²) < 4.78 is 38.7. The maximum Gasteiger partial charge on any atom is 0.416 e. The van der Waals surface area contributed by atoms with Crippen LogP contribution in [0, 0.1) is 5.92 Å². The molecule has 7 heteroatoms. The van der Waals surface area contributed by atoms with Crippen LogP contribution >= 0.6 is 0 Å². The monoisotopic (exact) mass is 362 g/mol. The Kier molecular flexibility index (Phi) is 4.71. The quantitative estimate of drug-likeness (QED) is 0.835. The van der Waals surface area contributed by atoms with Crippen molar-refractivity contribution in [2.24, 2.45) is 5.92 Å². The molecule has 3 rings (SSSR count). The Bertz CT molecular complexity index is 821. The lowest BCUT2D eigenvalue weighted by molar-refractivity contribution is -0.137. The normalized spacial score (nSPS) is 17.5. The van der Waals surface area contributed by atoms with Crippen LogP contribution in [0.2, 0.25) is 0 Å². The number of nitrogens with zero attached hydrogens (tertiary/aromatic N) is 2. The number of carbonyl (C=O) groups excluding carboxylic acids is 2. The molecule has 0 aliphatic carbocycles. The molecule has 1 heterocycles.